The van der Waals surface area contributed by atoms with E-state index in [1.807, 2.05) is 37.3 Å². The minimum atomic E-state index is -3.73. The number of sulfonamides is 1. The van der Waals surface area contributed by atoms with E-state index in [0.29, 0.717) is 0 Å². The molecule has 2 aromatic rings. The Morgan fingerprint density at radius 1 is 1.09 bits per heavy atom. The fourth-order valence-electron chi connectivity index (χ4n) is 2.22. The van der Waals surface area contributed by atoms with E-state index in [4.69, 9.17) is 0 Å². The van der Waals surface area contributed by atoms with Crippen LogP contribution >= 0.6 is 0 Å². The van der Waals surface area contributed by atoms with Crippen LogP contribution in [0.3, 0.4) is 0 Å². The summed E-state index contributed by atoms with van der Waals surface area (Å²) in [5.74, 6) is -0.569. The number of rotatable bonds is 5. The van der Waals surface area contributed by atoms with Crippen molar-refractivity contribution in [2.24, 2.45) is 0 Å². The standard InChI is InChI=1S/C17H19NO4S/c1-13(14-8-5-4-6-9-14)18(2)23(20,21)16-11-7-10-15(12-16)17(19)22-3/h4-13H,1-3H3. The molecule has 0 aliphatic rings. The number of benzene rings is 2. The average Bonchev–Trinajstić information content (AvgIpc) is 2.60. The second-order valence-corrected chi connectivity index (χ2v) is 7.12. The Bertz CT molecular complexity index is 787. The predicted octanol–water partition coefficient (Wildman–Crippen LogP) is 2.85. The largest absolute Gasteiger partial charge is 0.465 e. The van der Waals surface area contributed by atoms with Crippen LogP contribution in [0.15, 0.2) is 59.5 Å². The van der Waals surface area contributed by atoms with Crippen molar-refractivity contribution in [3.05, 3.63) is 65.7 Å². The Morgan fingerprint density at radius 3 is 2.35 bits per heavy atom. The van der Waals surface area contributed by atoms with Crippen LogP contribution in [0.2, 0.25) is 0 Å². The maximum atomic E-state index is 12.8. The fourth-order valence-corrected chi connectivity index (χ4v) is 3.61. The molecule has 6 heteroatoms. The molecular formula is C17H19NO4S. The predicted molar refractivity (Wildman–Crippen MR) is 87.6 cm³/mol. The molecule has 1 unspecified atom stereocenters. The van der Waals surface area contributed by atoms with Crippen LogP contribution in [0.1, 0.15) is 28.9 Å². The molecule has 1 atom stereocenters. The van der Waals surface area contributed by atoms with Gasteiger partial charge in [-0.25, -0.2) is 13.2 Å². The van der Waals surface area contributed by atoms with Gasteiger partial charge in [-0.1, -0.05) is 36.4 Å². The molecule has 2 rings (SSSR count). The van der Waals surface area contributed by atoms with Crippen molar-refractivity contribution in [1.82, 2.24) is 4.31 Å². The molecule has 0 amide bonds. The zero-order valence-corrected chi connectivity index (χ0v) is 14.1. The maximum absolute atomic E-state index is 12.8. The molecular weight excluding hydrogens is 314 g/mol. The molecule has 122 valence electrons. The van der Waals surface area contributed by atoms with Gasteiger partial charge in [-0.15, -0.1) is 0 Å². The minimum absolute atomic E-state index is 0.0608. The van der Waals surface area contributed by atoms with Crippen LogP contribution in [0.4, 0.5) is 0 Å². The normalized spacial score (nSPS) is 12.9. The summed E-state index contributed by atoms with van der Waals surface area (Å²) in [6.07, 6.45) is 0. The first-order chi connectivity index (χ1) is 10.9. The van der Waals surface area contributed by atoms with Crippen LogP contribution < -0.4 is 0 Å². The molecule has 23 heavy (non-hydrogen) atoms. The minimum Gasteiger partial charge on any atom is -0.465 e. The Morgan fingerprint density at radius 2 is 1.74 bits per heavy atom. The van der Waals surface area contributed by atoms with Crippen molar-refractivity contribution in [2.75, 3.05) is 14.2 Å². The first kappa shape index (κ1) is 17.2. The van der Waals surface area contributed by atoms with Gasteiger partial charge in [0, 0.05) is 13.1 Å². The van der Waals surface area contributed by atoms with Gasteiger partial charge in [0.05, 0.1) is 17.6 Å². The van der Waals surface area contributed by atoms with Gasteiger partial charge in [0.2, 0.25) is 10.0 Å². The van der Waals surface area contributed by atoms with Gasteiger partial charge in [0.1, 0.15) is 0 Å². The summed E-state index contributed by atoms with van der Waals surface area (Å²) in [7, 11) is -0.942. The summed E-state index contributed by atoms with van der Waals surface area (Å²) in [5.41, 5.74) is 1.09. The van der Waals surface area contributed by atoms with Crippen molar-refractivity contribution >= 4 is 16.0 Å². The highest BCUT2D eigenvalue weighted by Crippen LogP contribution is 2.26. The first-order valence-corrected chi connectivity index (χ1v) is 8.53. The summed E-state index contributed by atoms with van der Waals surface area (Å²) in [4.78, 5) is 11.6. The number of carbonyl (C=O) groups is 1. The van der Waals surface area contributed by atoms with Crippen molar-refractivity contribution < 1.29 is 17.9 Å². The maximum Gasteiger partial charge on any atom is 0.337 e. The highest BCUT2D eigenvalue weighted by Gasteiger charge is 2.26. The molecule has 0 fully saturated rings. The van der Waals surface area contributed by atoms with Gasteiger partial charge >= 0.3 is 5.97 Å². The third-order valence-electron chi connectivity index (χ3n) is 3.76. The van der Waals surface area contributed by atoms with Gasteiger partial charge < -0.3 is 4.74 Å². The van der Waals surface area contributed by atoms with Gasteiger partial charge in [-0.05, 0) is 30.7 Å². The van der Waals surface area contributed by atoms with E-state index in [2.05, 4.69) is 4.74 Å². The van der Waals surface area contributed by atoms with Crippen molar-refractivity contribution in [3.8, 4) is 0 Å². The van der Waals surface area contributed by atoms with Gasteiger partial charge in [-0.2, -0.15) is 4.31 Å². The Kier molecular flexibility index (Phi) is 5.18. The molecule has 2 aromatic carbocycles. The van der Waals surface area contributed by atoms with E-state index in [0.717, 1.165) is 5.56 Å². The second-order valence-electron chi connectivity index (χ2n) is 5.13. The van der Waals surface area contributed by atoms with Crippen LogP contribution in [-0.2, 0) is 14.8 Å². The summed E-state index contributed by atoms with van der Waals surface area (Å²) < 4.78 is 31.5. The number of ether oxygens (including phenoxy) is 1. The van der Waals surface area contributed by atoms with E-state index in [1.165, 1.54) is 42.7 Å². The van der Waals surface area contributed by atoms with E-state index in [9.17, 15) is 13.2 Å². The molecule has 0 aliphatic heterocycles. The number of hydrogen-bond donors (Lipinski definition) is 0. The van der Waals surface area contributed by atoms with Gasteiger partial charge in [0.25, 0.3) is 0 Å². The highest BCUT2D eigenvalue weighted by atomic mass is 32.2. The monoisotopic (exact) mass is 333 g/mol. The Balaban J connectivity index is 2.36. The zero-order chi connectivity index (χ0) is 17.0. The van der Waals surface area contributed by atoms with Crippen LogP contribution in [0.5, 0.6) is 0 Å². The fraction of sp³-hybridized carbons (Fsp3) is 0.235. The number of hydrogen-bond acceptors (Lipinski definition) is 4. The quantitative estimate of drug-likeness (QED) is 0.789. The van der Waals surface area contributed by atoms with E-state index < -0.39 is 16.0 Å². The molecule has 0 heterocycles. The molecule has 0 aromatic heterocycles. The molecule has 0 bridgehead atoms. The number of carbonyl (C=O) groups excluding carboxylic acids is 1. The highest BCUT2D eigenvalue weighted by molar-refractivity contribution is 7.89. The van der Waals surface area contributed by atoms with Gasteiger partial charge in [0.15, 0.2) is 0 Å². The number of nitrogens with zero attached hydrogens (tertiary/aromatic N) is 1. The van der Waals surface area contributed by atoms with Crippen LogP contribution in [0.25, 0.3) is 0 Å². The van der Waals surface area contributed by atoms with Crippen molar-refractivity contribution in [3.63, 3.8) is 0 Å². The molecule has 5 nitrogen and oxygen atoms in total. The summed E-state index contributed by atoms with van der Waals surface area (Å²) in [6.45, 7) is 1.82. The Labute approximate surface area is 136 Å². The second kappa shape index (κ2) is 6.93. The number of methoxy groups -OCH3 is 1. The summed E-state index contributed by atoms with van der Waals surface area (Å²) in [5, 5.41) is 0. The molecule has 0 radical (unpaired) electrons. The smallest absolute Gasteiger partial charge is 0.337 e. The van der Waals surface area contributed by atoms with Gasteiger partial charge in [-0.3, -0.25) is 0 Å². The van der Waals surface area contributed by atoms with Crippen LogP contribution in [0, 0.1) is 0 Å². The lowest BCUT2D eigenvalue weighted by molar-refractivity contribution is 0.0600. The lowest BCUT2D eigenvalue weighted by atomic mass is 10.1. The Hall–Kier alpha value is -2.18. The number of esters is 1. The molecule has 0 aliphatic carbocycles. The van der Waals surface area contributed by atoms with Crippen molar-refractivity contribution in [1.29, 1.82) is 0 Å². The van der Waals surface area contributed by atoms with Crippen molar-refractivity contribution in [2.45, 2.75) is 17.9 Å². The molecule has 0 spiro atoms. The zero-order valence-electron chi connectivity index (χ0n) is 13.3. The average molecular weight is 333 g/mol. The summed E-state index contributed by atoms with van der Waals surface area (Å²) in [6, 6.07) is 14.9. The third kappa shape index (κ3) is 3.60. The SMILES string of the molecule is COC(=O)c1cccc(S(=O)(=O)N(C)C(C)c2ccccc2)c1. The lowest BCUT2D eigenvalue weighted by Gasteiger charge is -2.24. The third-order valence-corrected chi connectivity index (χ3v) is 5.68. The first-order valence-electron chi connectivity index (χ1n) is 7.09. The molecule has 0 N–H and O–H groups in total. The lowest BCUT2D eigenvalue weighted by Crippen LogP contribution is -2.30. The van der Waals surface area contributed by atoms with E-state index in [1.54, 1.807) is 0 Å². The topological polar surface area (TPSA) is 63.7 Å². The van der Waals surface area contributed by atoms with Crippen LogP contribution in [-0.4, -0.2) is 32.8 Å². The molecule has 0 saturated heterocycles. The molecule has 0 saturated carbocycles. The summed E-state index contributed by atoms with van der Waals surface area (Å²) >= 11 is 0. The van der Waals surface area contributed by atoms with E-state index in [-0.39, 0.29) is 16.5 Å². The van der Waals surface area contributed by atoms with E-state index >= 15 is 0 Å².